The van der Waals surface area contributed by atoms with E-state index in [1.807, 2.05) is 13.8 Å². The molecule has 0 spiro atoms. The molecule has 0 bridgehead atoms. The first-order chi connectivity index (χ1) is 8.43. The number of amides is 1. The zero-order valence-corrected chi connectivity index (χ0v) is 12.2. The Morgan fingerprint density at radius 1 is 1.44 bits per heavy atom. The molecule has 1 amide bonds. The van der Waals surface area contributed by atoms with Crippen LogP contribution in [0.3, 0.4) is 0 Å². The molecular weight excluding hydrogens is 273 g/mol. The Balaban J connectivity index is 2.80. The van der Waals surface area contributed by atoms with E-state index < -0.39 is 0 Å². The predicted octanol–water partition coefficient (Wildman–Crippen LogP) is 3.48. The van der Waals surface area contributed by atoms with Crippen molar-refractivity contribution in [1.82, 2.24) is 5.32 Å². The molecule has 0 aromatic heterocycles. The zero-order chi connectivity index (χ0) is 13.7. The summed E-state index contributed by atoms with van der Waals surface area (Å²) < 4.78 is 5.14. The molecule has 0 aliphatic carbocycles. The van der Waals surface area contributed by atoms with Crippen LogP contribution >= 0.6 is 23.2 Å². The number of hydrogen-bond acceptors (Lipinski definition) is 2. The summed E-state index contributed by atoms with van der Waals surface area (Å²) in [6.07, 6.45) is 0.705. The fourth-order valence-corrected chi connectivity index (χ4v) is 2.14. The molecule has 0 aliphatic rings. The normalized spacial score (nSPS) is 13.8. The lowest BCUT2D eigenvalue weighted by molar-refractivity contribution is 0.0935. The van der Waals surface area contributed by atoms with Crippen LogP contribution in [0.2, 0.25) is 5.02 Å². The molecule has 18 heavy (non-hydrogen) atoms. The Labute approximate surface area is 117 Å². The van der Waals surface area contributed by atoms with E-state index in [1.165, 1.54) is 7.11 Å². The van der Waals surface area contributed by atoms with Crippen LogP contribution in [0.15, 0.2) is 18.2 Å². The molecule has 0 radical (unpaired) electrons. The molecule has 0 fully saturated rings. The standard InChI is InChI=1S/C13H17Cl2NO2/c1-8(14)6-9(2)16-13(17)11-7-10(15)4-5-12(11)18-3/h4-5,7-9H,6H2,1-3H3,(H,16,17). The molecule has 0 saturated carbocycles. The van der Waals surface area contributed by atoms with Crippen molar-refractivity contribution in [2.75, 3.05) is 7.11 Å². The maximum atomic E-state index is 12.1. The number of carbonyl (C=O) groups is 1. The first-order valence-electron chi connectivity index (χ1n) is 5.72. The summed E-state index contributed by atoms with van der Waals surface area (Å²) in [7, 11) is 1.52. The van der Waals surface area contributed by atoms with E-state index in [0.717, 1.165) is 0 Å². The van der Waals surface area contributed by atoms with E-state index in [9.17, 15) is 4.79 Å². The van der Waals surface area contributed by atoms with Gasteiger partial charge in [0.05, 0.1) is 12.7 Å². The zero-order valence-electron chi connectivity index (χ0n) is 10.7. The highest BCUT2D eigenvalue weighted by Crippen LogP contribution is 2.22. The fourth-order valence-electron chi connectivity index (χ4n) is 1.71. The summed E-state index contributed by atoms with van der Waals surface area (Å²) in [6.45, 7) is 3.80. The molecule has 5 heteroatoms. The summed E-state index contributed by atoms with van der Waals surface area (Å²) in [6, 6.07) is 4.94. The van der Waals surface area contributed by atoms with Crippen molar-refractivity contribution in [2.45, 2.75) is 31.7 Å². The van der Waals surface area contributed by atoms with Gasteiger partial charge >= 0.3 is 0 Å². The summed E-state index contributed by atoms with van der Waals surface area (Å²) in [5.74, 6) is 0.294. The Morgan fingerprint density at radius 2 is 2.11 bits per heavy atom. The van der Waals surface area contributed by atoms with E-state index in [-0.39, 0.29) is 17.3 Å². The molecular formula is C13H17Cl2NO2. The summed E-state index contributed by atoms with van der Waals surface area (Å²) in [4.78, 5) is 12.1. The van der Waals surface area contributed by atoms with Gasteiger partial charge < -0.3 is 10.1 Å². The van der Waals surface area contributed by atoms with Gasteiger partial charge in [0, 0.05) is 16.4 Å². The summed E-state index contributed by atoms with van der Waals surface area (Å²) in [5.41, 5.74) is 0.430. The highest BCUT2D eigenvalue weighted by Gasteiger charge is 2.16. The van der Waals surface area contributed by atoms with Gasteiger partial charge in [0.1, 0.15) is 5.75 Å². The average Bonchev–Trinajstić information content (AvgIpc) is 2.27. The Hall–Kier alpha value is -0.930. The second-order valence-electron chi connectivity index (χ2n) is 4.24. The molecule has 100 valence electrons. The number of alkyl halides is 1. The van der Waals surface area contributed by atoms with Gasteiger partial charge in [0.25, 0.3) is 5.91 Å². The van der Waals surface area contributed by atoms with Gasteiger partial charge in [-0.15, -0.1) is 11.6 Å². The third-order valence-corrected chi connectivity index (χ3v) is 2.88. The van der Waals surface area contributed by atoms with Gasteiger partial charge in [-0.25, -0.2) is 0 Å². The molecule has 0 saturated heterocycles. The topological polar surface area (TPSA) is 38.3 Å². The third kappa shape index (κ3) is 4.39. The van der Waals surface area contributed by atoms with Crippen LogP contribution in [-0.4, -0.2) is 24.4 Å². The number of benzene rings is 1. The smallest absolute Gasteiger partial charge is 0.255 e. The lowest BCUT2D eigenvalue weighted by Gasteiger charge is -2.16. The van der Waals surface area contributed by atoms with Crippen LogP contribution in [-0.2, 0) is 0 Å². The minimum atomic E-state index is -0.209. The molecule has 0 heterocycles. The highest BCUT2D eigenvalue weighted by atomic mass is 35.5. The van der Waals surface area contributed by atoms with Crippen molar-refractivity contribution < 1.29 is 9.53 Å². The number of halogens is 2. The minimum Gasteiger partial charge on any atom is -0.496 e. The van der Waals surface area contributed by atoms with Gasteiger partial charge in [0.2, 0.25) is 0 Å². The van der Waals surface area contributed by atoms with Crippen LogP contribution in [0.4, 0.5) is 0 Å². The SMILES string of the molecule is COc1ccc(Cl)cc1C(=O)NC(C)CC(C)Cl. The number of ether oxygens (including phenoxy) is 1. The van der Waals surface area contributed by atoms with Crippen molar-refractivity contribution >= 4 is 29.1 Å². The molecule has 1 rings (SSSR count). The van der Waals surface area contributed by atoms with E-state index >= 15 is 0 Å². The molecule has 1 N–H and O–H groups in total. The van der Waals surface area contributed by atoms with Crippen LogP contribution < -0.4 is 10.1 Å². The van der Waals surface area contributed by atoms with Crippen molar-refractivity contribution in [1.29, 1.82) is 0 Å². The third-order valence-electron chi connectivity index (χ3n) is 2.46. The monoisotopic (exact) mass is 289 g/mol. The molecule has 1 aromatic carbocycles. The average molecular weight is 290 g/mol. The van der Waals surface area contributed by atoms with Crippen LogP contribution in [0.25, 0.3) is 0 Å². The van der Waals surface area contributed by atoms with Crippen LogP contribution in [0, 0.1) is 0 Å². The minimum absolute atomic E-state index is 0.00584. The molecule has 2 atom stereocenters. The maximum Gasteiger partial charge on any atom is 0.255 e. The lowest BCUT2D eigenvalue weighted by Crippen LogP contribution is -2.34. The fraction of sp³-hybridized carbons (Fsp3) is 0.462. The summed E-state index contributed by atoms with van der Waals surface area (Å²) >= 11 is 11.8. The van der Waals surface area contributed by atoms with Crippen LogP contribution in [0.1, 0.15) is 30.6 Å². The number of nitrogens with one attached hydrogen (secondary N) is 1. The first-order valence-corrected chi connectivity index (χ1v) is 6.54. The quantitative estimate of drug-likeness (QED) is 0.843. The Morgan fingerprint density at radius 3 is 2.67 bits per heavy atom. The van der Waals surface area contributed by atoms with E-state index in [2.05, 4.69) is 5.32 Å². The van der Waals surface area contributed by atoms with Crippen molar-refractivity contribution in [2.24, 2.45) is 0 Å². The first kappa shape index (κ1) is 15.1. The number of carbonyl (C=O) groups excluding carboxylic acids is 1. The van der Waals surface area contributed by atoms with Gasteiger partial charge in [0.15, 0.2) is 0 Å². The van der Waals surface area contributed by atoms with Crippen molar-refractivity contribution in [3.63, 3.8) is 0 Å². The second-order valence-corrected chi connectivity index (χ2v) is 5.42. The van der Waals surface area contributed by atoms with E-state index in [1.54, 1.807) is 18.2 Å². The molecule has 1 aromatic rings. The second kappa shape index (κ2) is 6.86. The van der Waals surface area contributed by atoms with Crippen molar-refractivity contribution in [3.8, 4) is 5.75 Å². The van der Waals surface area contributed by atoms with Gasteiger partial charge in [-0.1, -0.05) is 11.6 Å². The molecule has 0 aliphatic heterocycles. The number of hydrogen-bond donors (Lipinski definition) is 1. The highest BCUT2D eigenvalue weighted by molar-refractivity contribution is 6.31. The maximum absolute atomic E-state index is 12.1. The summed E-state index contributed by atoms with van der Waals surface area (Å²) in [5, 5.41) is 3.38. The molecule has 2 unspecified atom stereocenters. The van der Waals surface area contributed by atoms with E-state index in [0.29, 0.717) is 22.8 Å². The number of methoxy groups -OCH3 is 1. The van der Waals surface area contributed by atoms with Crippen molar-refractivity contribution in [3.05, 3.63) is 28.8 Å². The Bertz CT molecular complexity index is 421. The predicted molar refractivity (Wildman–Crippen MR) is 74.9 cm³/mol. The van der Waals surface area contributed by atoms with Crippen LogP contribution in [0.5, 0.6) is 5.75 Å². The largest absolute Gasteiger partial charge is 0.496 e. The Kier molecular flexibility index (Phi) is 5.76. The lowest BCUT2D eigenvalue weighted by atomic mass is 10.1. The van der Waals surface area contributed by atoms with Gasteiger partial charge in [-0.2, -0.15) is 0 Å². The van der Waals surface area contributed by atoms with E-state index in [4.69, 9.17) is 27.9 Å². The van der Waals surface area contributed by atoms with Gasteiger partial charge in [-0.3, -0.25) is 4.79 Å². The number of rotatable bonds is 5. The van der Waals surface area contributed by atoms with Gasteiger partial charge in [-0.05, 0) is 38.5 Å². The molecule has 3 nitrogen and oxygen atoms in total.